The summed E-state index contributed by atoms with van der Waals surface area (Å²) < 4.78 is 0. The summed E-state index contributed by atoms with van der Waals surface area (Å²) in [6.07, 6.45) is 6.48. The quantitative estimate of drug-likeness (QED) is 0.322. The van der Waals surface area contributed by atoms with Gasteiger partial charge in [-0.25, -0.2) is 5.84 Å². The highest BCUT2D eigenvalue weighted by atomic mass is 16.2. The van der Waals surface area contributed by atoms with Gasteiger partial charge in [-0.2, -0.15) is 0 Å². The molecule has 4 nitrogen and oxygen atoms in total. The second kappa shape index (κ2) is 6.97. The Morgan fingerprint density at radius 3 is 2.76 bits per heavy atom. The molecule has 100 valence electrons. The number of piperidine rings is 1. The zero-order valence-electron chi connectivity index (χ0n) is 11.3. The van der Waals surface area contributed by atoms with E-state index in [9.17, 15) is 4.79 Å². The fourth-order valence-electron chi connectivity index (χ4n) is 2.61. The molecule has 1 fully saturated rings. The van der Waals surface area contributed by atoms with E-state index in [1.807, 2.05) is 0 Å². The van der Waals surface area contributed by atoms with Crippen molar-refractivity contribution in [2.75, 3.05) is 19.6 Å². The molecule has 1 heterocycles. The molecule has 0 aliphatic carbocycles. The summed E-state index contributed by atoms with van der Waals surface area (Å²) in [5.41, 5.74) is 2.65. The Hall–Kier alpha value is -0.610. The van der Waals surface area contributed by atoms with Crippen LogP contribution in [0.4, 0.5) is 0 Å². The summed E-state index contributed by atoms with van der Waals surface area (Å²) in [6.45, 7) is 8.34. The first-order chi connectivity index (χ1) is 8.03. The van der Waals surface area contributed by atoms with Crippen molar-refractivity contribution in [3.05, 3.63) is 0 Å². The number of hydrogen-bond acceptors (Lipinski definition) is 3. The van der Waals surface area contributed by atoms with E-state index in [-0.39, 0.29) is 5.91 Å². The van der Waals surface area contributed by atoms with E-state index in [1.165, 1.54) is 38.9 Å². The summed E-state index contributed by atoms with van der Waals surface area (Å²) in [7, 11) is 0. The third-order valence-corrected chi connectivity index (χ3v) is 3.52. The van der Waals surface area contributed by atoms with Gasteiger partial charge in [0.15, 0.2) is 0 Å². The second-order valence-corrected chi connectivity index (χ2v) is 5.92. The topological polar surface area (TPSA) is 58.4 Å². The van der Waals surface area contributed by atoms with E-state index >= 15 is 0 Å². The molecule has 1 rings (SSSR count). The van der Waals surface area contributed by atoms with Gasteiger partial charge in [0, 0.05) is 13.0 Å². The predicted octanol–water partition coefficient (Wildman–Crippen LogP) is 1.66. The summed E-state index contributed by atoms with van der Waals surface area (Å²) in [5, 5.41) is 0. The molecule has 0 aromatic heterocycles. The lowest BCUT2D eigenvalue weighted by Gasteiger charge is -2.38. The maximum Gasteiger partial charge on any atom is 0.233 e. The van der Waals surface area contributed by atoms with E-state index in [0.717, 1.165) is 12.8 Å². The minimum atomic E-state index is -0.0518. The highest BCUT2D eigenvalue weighted by Gasteiger charge is 2.25. The van der Waals surface area contributed by atoms with Gasteiger partial charge in [-0.1, -0.05) is 20.3 Å². The Morgan fingerprint density at radius 2 is 2.12 bits per heavy atom. The maximum atomic E-state index is 10.9. The molecule has 0 spiro atoms. The highest BCUT2D eigenvalue weighted by Crippen LogP contribution is 2.28. The van der Waals surface area contributed by atoms with Crippen LogP contribution in [0.3, 0.4) is 0 Å². The minimum absolute atomic E-state index is 0.0518. The number of rotatable bonds is 6. The lowest BCUT2D eigenvalue weighted by Crippen LogP contribution is -2.40. The molecular weight excluding hydrogens is 214 g/mol. The van der Waals surface area contributed by atoms with Crippen molar-refractivity contribution in [1.82, 2.24) is 10.3 Å². The van der Waals surface area contributed by atoms with E-state index in [1.54, 1.807) is 0 Å². The number of likely N-dealkylation sites (tertiary alicyclic amines) is 1. The van der Waals surface area contributed by atoms with Gasteiger partial charge in [-0.05, 0) is 44.2 Å². The predicted molar refractivity (Wildman–Crippen MR) is 70.3 cm³/mol. The van der Waals surface area contributed by atoms with E-state index in [4.69, 9.17) is 5.84 Å². The number of nitrogens with zero attached hydrogens (tertiary/aromatic N) is 1. The number of carbonyl (C=O) groups excluding carboxylic acids is 1. The molecule has 0 aromatic rings. The molecule has 0 atom stereocenters. The number of carbonyl (C=O) groups is 1. The van der Waals surface area contributed by atoms with Crippen LogP contribution in [-0.2, 0) is 4.79 Å². The summed E-state index contributed by atoms with van der Waals surface area (Å²) in [6, 6.07) is 0. The molecule has 0 radical (unpaired) electrons. The van der Waals surface area contributed by atoms with Crippen LogP contribution in [0.15, 0.2) is 0 Å². The SMILES string of the molecule is CC1(C)CCCN(CCCCCC(=O)NN)C1. The van der Waals surface area contributed by atoms with E-state index < -0.39 is 0 Å². The molecule has 1 aliphatic heterocycles. The first-order valence-electron chi connectivity index (χ1n) is 6.75. The van der Waals surface area contributed by atoms with Gasteiger partial charge in [-0.15, -0.1) is 0 Å². The van der Waals surface area contributed by atoms with Crippen molar-refractivity contribution in [3.63, 3.8) is 0 Å². The van der Waals surface area contributed by atoms with E-state index in [0.29, 0.717) is 11.8 Å². The molecule has 3 N–H and O–H groups in total. The molecule has 0 aromatic carbocycles. The maximum absolute atomic E-state index is 10.9. The van der Waals surface area contributed by atoms with Crippen molar-refractivity contribution in [1.29, 1.82) is 0 Å². The number of nitrogens with one attached hydrogen (secondary N) is 1. The Bertz CT molecular complexity index is 241. The Labute approximate surface area is 105 Å². The van der Waals surface area contributed by atoms with Crippen LogP contribution < -0.4 is 11.3 Å². The van der Waals surface area contributed by atoms with Crippen LogP contribution in [0.1, 0.15) is 52.4 Å². The first kappa shape index (κ1) is 14.5. The number of hydrogen-bond donors (Lipinski definition) is 2. The van der Waals surface area contributed by atoms with Crippen molar-refractivity contribution in [2.24, 2.45) is 11.3 Å². The summed E-state index contributed by atoms with van der Waals surface area (Å²) >= 11 is 0. The number of unbranched alkanes of at least 4 members (excludes halogenated alkanes) is 2. The van der Waals surface area contributed by atoms with Crippen LogP contribution >= 0.6 is 0 Å². The molecule has 1 amide bonds. The van der Waals surface area contributed by atoms with Crippen LogP contribution in [0.25, 0.3) is 0 Å². The van der Waals surface area contributed by atoms with Gasteiger partial charge in [0.2, 0.25) is 5.91 Å². The third-order valence-electron chi connectivity index (χ3n) is 3.52. The standard InChI is InChI=1S/C13H27N3O/c1-13(2)8-6-10-16(11-13)9-5-3-4-7-12(17)15-14/h3-11,14H2,1-2H3,(H,15,17). The third kappa shape index (κ3) is 6.03. The summed E-state index contributed by atoms with van der Waals surface area (Å²) in [5.74, 6) is 4.97. The molecule has 1 saturated heterocycles. The zero-order valence-corrected chi connectivity index (χ0v) is 11.3. The average molecular weight is 241 g/mol. The van der Waals surface area contributed by atoms with Gasteiger partial charge in [0.05, 0.1) is 0 Å². The van der Waals surface area contributed by atoms with Gasteiger partial charge < -0.3 is 4.90 Å². The number of amides is 1. The minimum Gasteiger partial charge on any atom is -0.303 e. The van der Waals surface area contributed by atoms with Crippen molar-refractivity contribution in [2.45, 2.75) is 52.4 Å². The fraction of sp³-hybridized carbons (Fsp3) is 0.923. The Morgan fingerprint density at radius 1 is 1.35 bits per heavy atom. The Balaban J connectivity index is 2.04. The molecule has 17 heavy (non-hydrogen) atoms. The molecule has 0 saturated carbocycles. The molecular formula is C13H27N3O. The first-order valence-corrected chi connectivity index (χ1v) is 6.75. The largest absolute Gasteiger partial charge is 0.303 e. The van der Waals surface area contributed by atoms with Crippen LogP contribution in [0.2, 0.25) is 0 Å². The van der Waals surface area contributed by atoms with Crippen LogP contribution in [-0.4, -0.2) is 30.4 Å². The van der Waals surface area contributed by atoms with Crippen molar-refractivity contribution >= 4 is 5.91 Å². The molecule has 0 bridgehead atoms. The normalized spacial score (nSPS) is 20.2. The van der Waals surface area contributed by atoms with Crippen LogP contribution in [0.5, 0.6) is 0 Å². The number of hydrazine groups is 1. The summed E-state index contributed by atoms with van der Waals surface area (Å²) in [4.78, 5) is 13.5. The van der Waals surface area contributed by atoms with Crippen molar-refractivity contribution < 1.29 is 4.79 Å². The van der Waals surface area contributed by atoms with Crippen molar-refractivity contribution in [3.8, 4) is 0 Å². The molecule has 0 unspecified atom stereocenters. The smallest absolute Gasteiger partial charge is 0.233 e. The fourth-order valence-corrected chi connectivity index (χ4v) is 2.61. The molecule has 4 heteroatoms. The number of nitrogens with two attached hydrogens (primary N) is 1. The second-order valence-electron chi connectivity index (χ2n) is 5.92. The van der Waals surface area contributed by atoms with Crippen LogP contribution in [0, 0.1) is 5.41 Å². The molecule has 1 aliphatic rings. The van der Waals surface area contributed by atoms with Gasteiger partial charge >= 0.3 is 0 Å². The van der Waals surface area contributed by atoms with Gasteiger partial charge in [0.1, 0.15) is 0 Å². The van der Waals surface area contributed by atoms with Gasteiger partial charge in [0.25, 0.3) is 0 Å². The monoisotopic (exact) mass is 241 g/mol. The van der Waals surface area contributed by atoms with E-state index in [2.05, 4.69) is 24.2 Å². The Kier molecular flexibility index (Phi) is 5.92. The average Bonchev–Trinajstić information content (AvgIpc) is 2.27. The lowest BCUT2D eigenvalue weighted by molar-refractivity contribution is -0.121. The zero-order chi connectivity index (χ0) is 12.7. The lowest BCUT2D eigenvalue weighted by atomic mass is 9.84. The van der Waals surface area contributed by atoms with Gasteiger partial charge in [-0.3, -0.25) is 10.2 Å². The highest BCUT2D eigenvalue weighted by molar-refractivity contribution is 5.74.